The number of benzene rings is 3. The molecule has 42 heavy (non-hydrogen) atoms. The lowest BCUT2D eigenvalue weighted by atomic mass is 10.1. The average molecular weight is 613 g/mol. The summed E-state index contributed by atoms with van der Waals surface area (Å²) in [5, 5.41) is 15.2. The quantitative estimate of drug-likeness (QED) is 0.115. The number of fused-ring (bicyclic) bond motifs is 1. The highest BCUT2D eigenvalue weighted by atomic mass is 35.5. The van der Waals surface area contributed by atoms with Crippen molar-refractivity contribution >= 4 is 50.0 Å². The Morgan fingerprint density at radius 2 is 1.76 bits per heavy atom. The van der Waals surface area contributed by atoms with Crippen LogP contribution in [0.5, 0.6) is 5.75 Å². The molecule has 4 rings (SSSR count). The molecule has 0 atom stereocenters. The predicted molar refractivity (Wildman–Crippen MR) is 158 cm³/mol. The van der Waals surface area contributed by atoms with Gasteiger partial charge >= 0.3 is 0 Å². The Labute approximate surface area is 247 Å². The minimum absolute atomic E-state index is 0.137. The summed E-state index contributed by atoms with van der Waals surface area (Å²) >= 11 is 6.24. The van der Waals surface area contributed by atoms with E-state index in [0.717, 1.165) is 51.5 Å². The smallest absolute Gasteiger partial charge is 0.270 e. The number of H-pyrrole nitrogens is 1. The van der Waals surface area contributed by atoms with Crippen LogP contribution in [0.1, 0.15) is 40.0 Å². The molecule has 0 aliphatic heterocycles. The molecule has 0 spiro atoms. The summed E-state index contributed by atoms with van der Waals surface area (Å²) in [5.41, 5.74) is 3.36. The molecule has 220 valence electrons. The number of nitro benzene ring substituents is 1. The molecule has 13 heteroatoms. The zero-order chi connectivity index (χ0) is 30.4. The molecule has 0 fully saturated rings. The third kappa shape index (κ3) is 7.25. The summed E-state index contributed by atoms with van der Waals surface area (Å²) in [6.07, 6.45) is 0.838. The van der Waals surface area contributed by atoms with E-state index in [0.29, 0.717) is 30.2 Å². The number of aryl methyl sites for hydroxylation is 3. The molecule has 0 saturated heterocycles. The average Bonchev–Trinajstić information content (AvgIpc) is 3.32. The van der Waals surface area contributed by atoms with Crippen LogP contribution >= 0.6 is 11.6 Å². The first-order chi connectivity index (χ1) is 20.0. The third-order valence-electron chi connectivity index (χ3n) is 6.52. The SMILES string of the molecule is Cc1cc(OCCCc2c(C(=O)NCCC(=O)NS(=O)(=O)c3cccc([N+](=O)[O-])c3)[nH]c3ccccc23)cc(C)c1Cl. The van der Waals surface area contributed by atoms with Crippen LogP contribution in [0.15, 0.2) is 65.6 Å². The summed E-state index contributed by atoms with van der Waals surface area (Å²) in [4.78, 5) is 38.3. The molecule has 3 N–H and O–H groups in total. The Balaban J connectivity index is 1.36. The highest BCUT2D eigenvalue weighted by molar-refractivity contribution is 7.90. The second-order valence-corrected chi connectivity index (χ2v) is 11.7. The van der Waals surface area contributed by atoms with Gasteiger partial charge in [-0.25, -0.2) is 13.1 Å². The van der Waals surface area contributed by atoms with E-state index < -0.39 is 37.3 Å². The maximum atomic E-state index is 13.1. The number of aromatic amines is 1. The Morgan fingerprint density at radius 3 is 2.48 bits per heavy atom. The van der Waals surface area contributed by atoms with Gasteiger partial charge in [-0.2, -0.15) is 0 Å². The van der Waals surface area contributed by atoms with E-state index in [2.05, 4.69) is 10.3 Å². The number of non-ortho nitro benzene ring substituents is 1. The van der Waals surface area contributed by atoms with Gasteiger partial charge in [0, 0.05) is 41.0 Å². The van der Waals surface area contributed by atoms with Crippen molar-refractivity contribution in [2.45, 2.75) is 38.0 Å². The van der Waals surface area contributed by atoms with Crippen LogP contribution in [0.25, 0.3) is 10.9 Å². The number of nitrogens with zero attached hydrogens (tertiary/aromatic N) is 1. The van der Waals surface area contributed by atoms with Gasteiger partial charge in [0.05, 0.1) is 16.4 Å². The molecule has 0 radical (unpaired) electrons. The number of sulfonamides is 1. The fraction of sp³-hybridized carbons (Fsp3) is 0.241. The predicted octanol–water partition coefficient (Wildman–Crippen LogP) is 4.98. The second-order valence-electron chi connectivity index (χ2n) is 9.64. The van der Waals surface area contributed by atoms with Crippen LogP contribution in [0.2, 0.25) is 5.02 Å². The topological polar surface area (TPSA) is 160 Å². The van der Waals surface area contributed by atoms with Crippen molar-refractivity contribution in [2.75, 3.05) is 13.2 Å². The molecule has 2 amide bonds. The van der Waals surface area contributed by atoms with Gasteiger partial charge < -0.3 is 15.0 Å². The van der Waals surface area contributed by atoms with Gasteiger partial charge in [-0.15, -0.1) is 0 Å². The van der Waals surface area contributed by atoms with Gasteiger partial charge in [0.15, 0.2) is 0 Å². The lowest BCUT2D eigenvalue weighted by Gasteiger charge is -2.11. The van der Waals surface area contributed by atoms with Crippen LogP contribution in [-0.2, 0) is 21.2 Å². The first-order valence-electron chi connectivity index (χ1n) is 13.0. The summed E-state index contributed by atoms with van der Waals surface area (Å²) in [6, 6.07) is 15.6. The van der Waals surface area contributed by atoms with Crippen molar-refractivity contribution in [2.24, 2.45) is 0 Å². The summed E-state index contributed by atoms with van der Waals surface area (Å²) < 4.78 is 32.8. The molecule has 1 aromatic heterocycles. The van der Waals surface area contributed by atoms with Crippen molar-refractivity contribution in [3.05, 3.63) is 98.2 Å². The third-order valence-corrected chi connectivity index (χ3v) is 8.48. The highest BCUT2D eigenvalue weighted by Gasteiger charge is 2.21. The Hall–Kier alpha value is -4.42. The van der Waals surface area contributed by atoms with Gasteiger partial charge in [0.2, 0.25) is 5.91 Å². The number of para-hydroxylation sites is 1. The van der Waals surface area contributed by atoms with Crippen molar-refractivity contribution in [3.8, 4) is 5.75 Å². The molecule has 0 unspecified atom stereocenters. The maximum absolute atomic E-state index is 13.1. The molecule has 0 aliphatic carbocycles. The van der Waals surface area contributed by atoms with E-state index in [-0.39, 0.29) is 13.0 Å². The maximum Gasteiger partial charge on any atom is 0.270 e. The van der Waals surface area contributed by atoms with Crippen LogP contribution in [0, 0.1) is 24.0 Å². The van der Waals surface area contributed by atoms with Crippen molar-refractivity contribution in [1.29, 1.82) is 0 Å². The number of carbonyl (C=O) groups excluding carboxylic acids is 2. The van der Waals surface area contributed by atoms with Gasteiger partial charge in [0.1, 0.15) is 11.4 Å². The summed E-state index contributed by atoms with van der Waals surface area (Å²) in [6.45, 7) is 4.11. The fourth-order valence-corrected chi connectivity index (χ4v) is 5.65. The highest BCUT2D eigenvalue weighted by Crippen LogP contribution is 2.27. The Kier molecular flexibility index (Phi) is 9.48. The molecule has 0 saturated carbocycles. The van der Waals surface area contributed by atoms with Gasteiger partial charge in [-0.3, -0.25) is 19.7 Å². The van der Waals surface area contributed by atoms with E-state index in [9.17, 15) is 28.1 Å². The zero-order valence-corrected chi connectivity index (χ0v) is 24.5. The number of carbonyl (C=O) groups is 2. The second kappa shape index (κ2) is 13.0. The lowest BCUT2D eigenvalue weighted by molar-refractivity contribution is -0.385. The lowest BCUT2D eigenvalue weighted by Crippen LogP contribution is -2.34. The molecular weight excluding hydrogens is 584 g/mol. The molecule has 11 nitrogen and oxygen atoms in total. The van der Waals surface area contributed by atoms with E-state index in [4.69, 9.17) is 16.3 Å². The molecule has 3 aromatic carbocycles. The van der Waals surface area contributed by atoms with Crippen molar-refractivity contribution in [3.63, 3.8) is 0 Å². The number of rotatable bonds is 12. The van der Waals surface area contributed by atoms with Crippen LogP contribution < -0.4 is 14.8 Å². The van der Waals surface area contributed by atoms with Crippen LogP contribution in [0.4, 0.5) is 5.69 Å². The van der Waals surface area contributed by atoms with E-state index in [1.807, 2.05) is 55.0 Å². The summed E-state index contributed by atoms with van der Waals surface area (Å²) in [7, 11) is -4.32. The molecule has 1 heterocycles. The van der Waals surface area contributed by atoms with Gasteiger partial charge in [0.25, 0.3) is 21.6 Å². The fourth-order valence-electron chi connectivity index (χ4n) is 4.48. The number of ether oxygens (including phenoxy) is 1. The van der Waals surface area contributed by atoms with E-state index >= 15 is 0 Å². The molecule has 4 aromatic rings. The molecule has 0 aliphatic rings. The monoisotopic (exact) mass is 612 g/mol. The standard InChI is InChI=1S/C29H29ClN4O7S/c1-18-15-21(16-19(2)27(18)30)41-14-6-10-24-23-9-3-4-11-25(23)32-28(24)29(36)31-13-12-26(35)33-42(39,40)22-8-5-7-20(17-22)34(37)38/h3-5,7-9,11,15-17,32H,6,10,12-14H2,1-2H3,(H,31,36)(H,33,35). The summed E-state index contributed by atoms with van der Waals surface area (Å²) in [5.74, 6) is -0.596. The van der Waals surface area contributed by atoms with Gasteiger partial charge in [-0.05, 0) is 67.6 Å². The number of halogens is 1. The van der Waals surface area contributed by atoms with Gasteiger partial charge in [-0.1, -0.05) is 35.9 Å². The van der Waals surface area contributed by atoms with Crippen molar-refractivity contribution < 1.29 is 27.7 Å². The Bertz CT molecular complexity index is 1750. The van der Waals surface area contributed by atoms with Crippen LogP contribution in [0.3, 0.4) is 0 Å². The molecular formula is C29H29ClN4O7S. The number of hydrogen-bond donors (Lipinski definition) is 3. The Morgan fingerprint density at radius 1 is 1.05 bits per heavy atom. The van der Waals surface area contributed by atoms with Crippen molar-refractivity contribution in [1.82, 2.24) is 15.0 Å². The largest absolute Gasteiger partial charge is 0.494 e. The molecule has 0 bridgehead atoms. The number of aromatic nitrogens is 1. The minimum Gasteiger partial charge on any atom is -0.494 e. The zero-order valence-electron chi connectivity index (χ0n) is 22.9. The number of nitro groups is 1. The number of hydrogen-bond acceptors (Lipinski definition) is 7. The van der Waals surface area contributed by atoms with E-state index in [1.54, 1.807) is 0 Å². The van der Waals surface area contributed by atoms with Crippen LogP contribution in [-0.4, -0.2) is 43.3 Å². The normalized spacial score (nSPS) is 11.3. The number of amides is 2. The first kappa shape index (κ1) is 30.5. The minimum atomic E-state index is -4.32. The first-order valence-corrected chi connectivity index (χ1v) is 14.9. The van der Waals surface area contributed by atoms with E-state index in [1.165, 1.54) is 6.07 Å². The number of nitrogens with one attached hydrogen (secondary N) is 3.